The Bertz CT molecular complexity index is 2480. The highest BCUT2D eigenvalue weighted by molar-refractivity contribution is 7.26. The van der Waals surface area contributed by atoms with Gasteiger partial charge in [0.15, 0.2) is 6.23 Å². The molecular formula is C47H62FN7O4SSi. The average molecular weight is 868 g/mol. The summed E-state index contributed by atoms with van der Waals surface area (Å²) in [6.45, 7) is 22.0. The summed E-state index contributed by atoms with van der Waals surface area (Å²) in [4.78, 5) is 20.6. The highest BCUT2D eigenvalue weighted by Gasteiger charge is 2.49. The van der Waals surface area contributed by atoms with Crippen LogP contribution in [0.1, 0.15) is 104 Å². The highest BCUT2D eigenvalue weighted by Crippen LogP contribution is 2.47. The quantitative estimate of drug-likeness (QED) is 0.114. The zero-order valence-electron chi connectivity index (χ0n) is 37.2. The van der Waals surface area contributed by atoms with Crippen molar-refractivity contribution in [3.8, 4) is 28.7 Å². The van der Waals surface area contributed by atoms with Crippen molar-refractivity contribution in [1.29, 1.82) is 0 Å². The van der Waals surface area contributed by atoms with Gasteiger partial charge in [0.25, 0.3) is 0 Å². The lowest BCUT2D eigenvalue weighted by atomic mass is 9.95. The first kappa shape index (κ1) is 42.6. The van der Waals surface area contributed by atoms with Crippen molar-refractivity contribution in [3.05, 3.63) is 35.7 Å². The summed E-state index contributed by atoms with van der Waals surface area (Å²) in [6.07, 6.45) is 8.31. The molecule has 0 spiro atoms. The van der Waals surface area contributed by atoms with Crippen molar-refractivity contribution < 1.29 is 23.7 Å². The molecule has 4 aromatic heterocycles. The van der Waals surface area contributed by atoms with Gasteiger partial charge in [-0.15, -0.1) is 16.9 Å². The standard InChI is InChI=1S/C47H62FN7O4SSi/c1-29(2)61(30(3)4,31(5)6)21-14-34-32(7)22-37-36(24-50-55(37)38-12-9-10-19-58-38)39(34)41-42-35(13-16-49-41)40-43(53-18-20-57-27-46(8,56)26-53)51-45(52-44(40)60-42)59-28-47-15-11-17-54(47)25-33(48)23-47/h13,16,22,24,29-31,33,38,56H,9-12,15,17-20,23,25-28H2,1-8H3/t33-,38?,46+,47+/m1/s1. The normalized spacial score (nSPS) is 25.3. The van der Waals surface area contributed by atoms with Crippen LogP contribution in [0.5, 0.6) is 6.01 Å². The van der Waals surface area contributed by atoms with E-state index in [0.29, 0.717) is 61.7 Å². The number of hydrogen-bond acceptors (Lipinski definition) is 11. The van der Waals surface area contributed by atoms with E-state index in [1.54, 1.807) is 18.3 Å². The number of hydrogen-bond donors (Lipinski definition) is 1. The van der Waals surface area contributed by atoms with Crippen molar-refractivity contribution >= 4 is 56.4 Å². The molecule has 4 atom stereocenters. The molecule has 1 N–H and O–H groups in total. The number of aryl methyl sites for hydroxylation is 1. The van der Waals surface area contributed by atoms with E-state index in [-0.39, 0.29) is 24.4 Å². The molecule has 8 heterocycles. The Hall–Kier alpha value is -3.71. The first-order valence-corrected chi connectivity index (χ1v) is 25.6. The van der Waals surface area contributed by atoms with Gasteiger partial charge in [0.2, 0.25) is 0 Å². The first-order valence-electron chi connectivity index (χ1n) is 22.5. The van der Waals surface area contributed by atoms with Crippen LogP contribution in [0.2, 0.25) is 16.6 Å². The summed E-state index contributed by atoms with van der Waals surface area (Å²) in [7, 11) is -2.12. The number of nitrogens with zero attached hydrogens (tertiary/aromatic N) is 7. The van der Waals surface area contributed by atoms with Gasteiger partial charge in [-0.3, -0.25) is 9.88 Å². The molecule has 5 aromatic rings. The Morgan fingerprint density at radius 3 is 2.62 bits per heavy atom. The molecule has 4 fully saturated rings. The molecule has 14 heteroatoms. The van der Waals surface area contributed by atoms with Gasteiger partial charge >= 0.3 is 6.01 Å². The Morgan fingerprint density at radius 1 is 1.07 bits per heavy atom. The van der Waals surface area contributed by atoms with E-state index in [0.717, 1.165) is 98.8 Å². The molecular weight excluding hydrogens is 806 g/mol. The van der Waals surface area contributed by atoms with Crippen molar-refractivity contribution in [2.45, 2.75) is 134 Å². The van der Waals surface area contributed by atoms with Gasteiger partial charge in [0.05, 0.1) is 52.8 Å². The van der Waals surface area contributed by atoms with E-state index in [1.807, 2.05) is 12.4 Å². The number of ether oxygens (including phenoxy) is 3. The minimum atomic E-state index is -2.12. The Labute approximate surface area is 364 Å². The van der Waals surface area contributed by atoms with E-state index in [1.165, 1.54) is 0 Å². The van der Waals surface area contributed by atoms with Gasteiger partial charge in [-0.25, -0.2) is 9.07 Å². The van der Waals surface area contributed by atoms with E-state index in [2.05, 4.69) is 86.5 Å². The van der Waals surface area contributed by atoms with Crippen molar-refractivity contribution in [3.63, 3.8) is 0 Å². The minimum Gasteiger partial charge on any atom is -0.461 e. The number of halogens is 1. The smallest absolute Gasteiger partial charge is 0.319 e. The second kappa shape index (κ2) is 16.4. The number of fused-ring (bicyclic) bond motifs is 5. The number of benzene rings is 1. The Morgan fingerprint density at radius 2 is 1.87 bits per heavy atom. The van der Waals surface area contributed by atoms with Crippen LogP contribution >= 0.6 is 11.3 Å². The third-order valence-corrected chi connectivity index (χ3v) is 21.6. The van der Waals surface area contributed by atoms with E-state index >= 15 is 0 Å². The molecule has 0 aliphatic carbocycles. The fourth-order valence-corrected chi connectivity index (χ4v) is 17.7. The molecule has 0 radical (unpaired) electrons. The summed E-state index contributed by atoms with van der Waals surface area (Å²) in [5.74, 6) is 4.56. The second-order valence-electron chi connectivity index (χ2n) is 19.4. The number of β-amino-alcohol motifs (C(OH)–C–C–N with tert-alkyl or cyclic N) is 1. The number of aromatic nitrogens is 5. The summed E-state index contributed by atoms with van der Waals surface area (Å²) in [5.41, 5.74) is 8.89. The van der Waals surface area contributed by atoms with Crippen LogP contribution in [0.4, 0.5) is 10.2 Å². The molecule has 1 unspecified atom stereocenters. The molecule has 9 rings (SSSR count). The molecule has 61 heavy (non-hydrogen) atoms. The minimum absolute atomic E-state index is 0.131. The van der Waals surface area contributed by atoms with Crippen LogP contribution in [0, 0.1) is 18.4 Å². The van der Waals surface area contributed by atoms with Crippen molar-refractivity contribution in [2.75, 3.05) is 57.5 Å². The van der Waals surface area contributed by atoms with E-state index in [9.17, 15) is 9.50 Å². The number of anilines is 1. The van der Waals surface area contributed by atoms with Gasteiger partial charge < -0.3 is 24.2 Å². The predicted molar refractivity (Wildman–Crippen MR) is 245 cm³/mol. The molecule has 0 saturated carbocycles. The zero-order valence-corrected chi connectivity index (χ0v) is 39.0. The third-order valence-electron chi connectivity index (χ3n) is 14.2. The fraction of sp³-hybridized carbons (Fsp3) is 0.617. The van der Waals surface area contributed by atoms with Gasteiger partial charge in [0, 0.05) is 54.2 Å². The topological polar surface area (TPSA) is 111 Å². The van der Waals surface area contributed by atoms with Gasteiger partial charge in [-0.2, -0.15) is 15.1 Å². The Balaban J connectivity index is 1.26. The number of alkyl halides is 1. The van der Waals surface area contributed by atoms with Crippen LogP contribution < -0.4 is 9.64 Å². The summed E-state index contributed by atoms with van der Waals surface area (Å²) in [6, 6.07) is 4.55. The number of thiophene rings is 1. The lowest BCUT2D eigenvalue weighted by Gasteiger charge is -2.38. The molecule has 326 valence electrons. The fourth-order valence-electron chi connectivity index (χ4n) is 11.3. The molecule has 11 nitrogen and oxygen atoms in total. The zero-order chi connectivity index (χ0) is 42.8. The summed E-state index contributed by atoms with van der Waals surface area (Å²) in [5, 5.41) is 19.3. The maximum absolute atomic E-state index is 14.8. The van der Waals surface area contributed by atoms with E-state index in [4.69, 9.17) is 34.3 Å². The predicted octanol–water partition coefficient (Wildman–Crippen LogP) is 9.38. The molecule has 0 bridgehead atoms. The van der Waals surface area contributed by atoms with Crippen LogP contribution in [-0.2, 0) is 9.47 Å². The van der Waals surface area contributed by atoms with Crippen LogP contribution in [0.3, 0.4) is 0 Å². The van der Waals surface area contributed by atoms with Crippen molar-refractivity contribution in [2.24, 2.45) is 0 Å². The van der Waals surface area contributed by atoms with E-state index < -0.39 is 19.8 Å². The first-order chi connectivity index (χ1) is 29.2. The second-order valence-corrected chi connectivity index (χ2v) is 26.0. The number of aliphatic hydroxyl groups is 1. The maximum Gasteiger partial charge on any atom is 0.319 e. The number of rotatable bonds is 9. The lowest BCUT2D eigenvalue weighted by molar-refractivity contribution is -0.0366. The Kier molecular flexibility index (Phi) is 11.5. The lowest BCUT2D eigenvalue weighted by Crippen LogP contribution is -2.43. The van der Waals surface area contributed by atoms with Gasteiger partial charge in [0.1, 0.15) is 37.1 Å². The SMILES string of the molecule is Cc1cc2c(cnn2C2CCCCO2)c(-c2nccc3c2sc2nc(OC[C@@]45CCCN4C[C@H](F)C5)nc(N4CCOC[C@@](C)(O)C4)c23)c1C#C[Si](C(C)C)(C(C)C)C(C)C. The average Bonchev–Trinajstić information content (AvgIpc) is 3.96. The van der Waals surface area contributed by atoms with Crippen LogP contribution in [0.25, 0.3) is 42.5 Å². The number of pyridine rings is 1. The monoisotopic (exact) mass is 867 g/mol. The highest BCUT2D eigenvalue weighted by atomic mass is 32.1. The maximum atomic E-state index is 14.8. The summed E-state index contributed by atoms with van der Waals surface area (Å²) < 4.78 is 36.6. The molecule has 4 aliphatic rings. The molecule has 4 saturated heterocycles. The van der Waals surface area contributed by atoms with Gasteiger partial charge in [-0.1, -0.05) is 47.5 Å². The molecule has 1 aromatic carbocycles. The van der Waals surface area contributed by atoms with Crippen LogP contribution in [0.15, 0.2) is 24.5 Å². The van der Waals surface area contributed by atoms with Gasteiger partial charge in [-0.05, 0) is 86.8 Å². The van der Waals surface area contributed by atoms with Crippen LogP contribution in [-0.4, -0.2) is 113 Å². The van der Waals surface area contributed by atoms with Crippen molar-refractivity contribution in [1.82, 2.24) is 29.6 Å². The molecule has 4 aliphatic heterocycles. The summed E-state index contributed by atoms with van der Waals surface area (Å²) >= 11 is 1.58. The molecule has 0 amide bonds. The third kappa shape index (κ3) is 7.54. The largest absolute Gasteiger partial charge is 0.461 e.